The molecule has 0 bridgehead atoms. The Morgan fingerprint density at radius 1 is 1.32 bits per heavy atom. The lowest BCUT2D eigenvalue weighted by Crippen LogP contribution is -2.46. The first-order valence-electron chi connectivity index (χ1n) is 14.1. The SMILES string of the molecule is C=CCOC(=O)CC(O)CC(=O)CCC1C(C)C(=O)C=C2C(=NOCc3cnoc3)CCC(OC(=O)C(C)CC)C21. The average molecular weight is 573 g/mol. The summed E-state index contributed by atoms with van der Waals surface area (Å²) in [5.41, 5.74) is 1.97. The summed E-state index contributed by atoms with van der Waals surface area (Å²) in [6.07, 6.45) is 5.82. The molecule has 0 saturated heterocycles. The van der Waals surface area contributed by atoms with Crippen molar-refractivity contribution in [3.05, 3.63) is 42.3 Å². The Labute approximate surface area is 239 Å². The summed E-state index contributed by atoms with van der Waals surface area (Å²) in [7, 11) is 0. The van der Waals surface area contributed by atoms with Crippen LogP contribution in [0.25, 0.3) is 0 Å². The Hall–Kier alpha value is -3.60. The third-order valence-electron chi connectivity index (χ3n) is 7.76. The minimum Gasteiger partial charge on any atom is -0.461 e. The van der Waals surface area contributed by atoms with E-state index in [0.717, 1.165) is 0 Å². The molecule has 6 atom stereocenters. The van der Waals surface area contributed by atoms with Crippen LogP contribution in [0.2, 0.25) is 0 Å². The Kier molecular flexibility index (Phi) is 12.0. The molecule has 2 aliphatic rings. The highest BCUT2D eigenvalue weighted by Crippen LogP contribution is 2.44. The van der Waals surface area contributed by atoms with Gasteiger partial charge in [0.25, 0.3) is 0 Å². The Morgan fingerprint density at radius 2 is 2.10 bits per heavy atom. The molecule has 11 heteroatoms. The van der Waals surface area contributed by atoms with Crippen LogP contribution in [0.3, 0.4) is 0 Å². The normalized spacial score (nSPS) is 24.5. The highest BCUT2D eigenvalue weighted by molar-refractivity contribution is 6.08. The molecular formula is C30H40N2O9. The molecule has 1 aromatic heterocycles. The van der Waals surface area contributed by atoms with Crippen molar-refractivity contribution in [3.8, 4) is 0 Å². The molecule has 2 aliphatic carbocycles. The van der Waals surface area contributed by atoms with Crippen molar-refractivity contribution in [2.75, 3.05) is 6.61 Å². The summed E-state index contributed by atoms with van der Waals surface area (Å²) in [5, 5.41) is 18.2. The number of allylic oxidation sites excluding steroid dienone is 1. The third-order valence-corrected chi connectivity index (χ3v) is 7.76. The number of fused-ring (bicyclic) bond motifs is 1. The Morgan fingerprint density at radius 3 is 2.78 bits per heavy atom. The van der Waals surface area contributed by atoms with Gasteiger partial charge in [-0.1, -0.05) is 43.7 Å². The highest BCUT2D eigenvalue weighted by Gasteiger charge is 2.46. The largest absolute Gasteiger partial charge is 0.461 e. The van der Waals surface area contributed by atoms with E-state index in [-0.39, 0.29) is 67.8 Å². The van der Waals surface area contributed by atoms with Crippen molar-refractivity contribution in [2.45, 2.75) is 84.5 Å². The number of hydrogen-bond acceptors (Lipinski definition) is 11. The molecule has 6 unspecified atom stereocenters. The van der Waals surface area contributed by atoms with E-state index >= 15 is 0 Å². The van der Waals surface area contributed by atoms with Crippen LogP contribution >= 0.6 is 0 Å². The van der Waals surface area contributed by atoms with Crippen LogP contribution < -0.4 is 0 Å². The molecule has 1 saturated carbocycles. The maximum Gasteiger partial charge on any atom is 0.308 e. The maximum absolute atomic E-state index is 13.1. The van der Waals surface area contributed by atoms with E-state index < -0.39 is 24.1 Å². The van der Waals surface area contributed by atoms with E-state index in [9.17, 15) is 24.3 Å². The molecule has 0 radical (unpaired) electrons. The number of rotatable bonds is 15. The third kappa shape index (κ3) is 8.94. The number of nitrogens with zero attached hydrogens (tertiary/aromatic N) is 2. The standard InChI is InChI=1S/C30H40N2O9/c1-5-11-38-28(36)13-22(34)12-21(33)7-8-23-19(4)26(35)14-24-25(32-40-17-20-15-31-39-16-20)9-10-27(29(23)24)41-30(37)18(3)6-2/h5,14-16,18-19,22-23,27,29,34H,1,6-13,17H2,2-4H3. The first-order valence-corrected chi connectivity index (χ1v) is 14.1. The summed E-state index contributed by atoms with van der Waals surface area (Å²) in [5.74, 6) is -2.60. The first-order chi connectivity index (χ1) is 19.6. The lowest BCUT2D eigenvalue weighted by Gasteiger charge is -2.43. The van der Waals surface area contributed by atoms with Gasteiger partial charge in [0.05, 0.1) is 35.9 Å². The van der Waals surface area contributed by atoms with E-state index in [2.05, 4.69) is 16.9 Å². The molecule has 11 nitrogen and oxygen atoms in total. The number of hydrogen-bond donors (Lipinski definition) is 1. The van der Waals surface area contributed by atoms with Crippen molar-refractivity contribution < 1.29 is 43.1 Å². The lowest BCUT2D eigenvalue weighted by molar-refractivity contribution is -0.158. The maximum atomic E-state index is 13.1. The fourth-order valence-electron chi connectivity index (χ4n) is 5.23. The average Bonchev–Trinajstić information content (AvgIpc) is 3.46. The van der Waals surface area contributed by atoms with Crippen molar-refractivity contribution in [3.63, 3.8) is 0 Å². The zero-order valence-corrected chi connectivity index (χ0v) is 24.0. The number of carbonyl (C=O) groups excluding carboxylic acids is 4. The zero-order chi connectivity index (χ0) is 29.9. The predicted octanol–water partition coefficient (Wildman–Crippen LogP) is 3.90. The van der Waals surface area contributed by atoms with Gasteiger partial charge < -0.3 is 23.9 Å². The van der Waals surface area contributed by atoms with E-state index in [1.54, 1.807) is 6.08 Å². The number of oxime groups is 1. The minimum atomic E-state index is -1.17. The first kappa shape index (κ1) is 31.9. The molecule has 224 valence electrons. The molecule has 0 amide bonds. The van der Waals surface area contributed by atoms with Gasteiger partial charge in [0.15, 0.2) is 5.78 Å². The van der Waals surface area contributed by atoms with Gasteiger partial charge in [0, 0.05) is 24.7 Å². The predicted molar refractivity (Wildman–Crippen MR) is 147 cm³/mol. The van der Waals surface area contributed by atoms with Crippen molar-refractivity contribution in [1.82, 2.24) is 5.16 Å². The summed E-state index contributed by atoms with van der Waals surface area (Å²) < 4.78 is 15.7. The number of ketones is 2. The molecule has 0 aromatic carbocycles. The van der Waals surface area contributed by atoms with E-state index in [1.807, 2.05) is 20.8 Å². The van der Waals surface area contributed by atoms with Gasteiger partial charge in [-0.25, -0.2) is 0 Å². The minimum absolute atomic E-state index is 0.0317. The molecule has 0 aliphatic heterocycles. The van der Waals surface area contributed by atoms with Crippen molar-refractivity contribution >= 4 is 29.2 Å². The second kappa shape index (κ2) is 15.4. The number of aliphatic hydroxyl groups is 1. The monoisotopic (exact) mass is 572 g/mol. The lowest BCUT2D eigenvalue weighted by atomic mass is 9.63. The molecule has 1 aromatic rings. The van der Waals surface area contributed by atoms with Gasteiger partial charge in [-0.05, 0) is 43.3 Å². The molecule has 3 rings (SSSR count). The van der Waals surface area contributed by atoms with Crippen LogP contribution in [-0.4, -0.2) is 58.3 Å². The van der Waals surface area contributed by atoms with Gasteiger partial charge in [-0.15, -0.1) is 0 Å². The molecule has 0 spiro atoms. The van der Waals surface area contributed by atoms with Crippen LogP contribution in [-0.2, 0) is 40.1 Å². The van der Waals surface area contributed by atoms with Crippen LogP contribution in [0.1, 0.15) is 71.3 Å². The van der Waals surface area contributed by atoms with Crippen LogP contribution in [0.4, 0.5) is 0 Å². The van der Waals surface area contributed by atoms with Crippen LogP contribution in [0.5, 0.6) is 0 Å². The molecule has 1 fully saturated rings. The van der Waals surface area contributed by atoms with E-state index in [1.165, 1.54) is 18.5 Å². The smallest absolute Gasteiger partial charge is 0.308 e. The second-order valence-electron chi connectivity index (χ2n) is 10.8. The van der Waals surface area contributed by atoms with E-state index in [0.29, 0.717) is 42.5 Å². The number of ether oxygens (including phenoxy) is 2. The summed E-state index contributed by atoms with van der Waals surface area (Å²) in [6, 6.07) is 0. The van der Waals surface area contributed by atoms with Crippen molar-refractivity contribution in [1.29, 1.82) is 0 Å². The van der Waals surface area contributed by atoms with E-state index in [4.69, 9.17) is 18.8 Å². The van der Waals surface area contributed by atoms with Crippen molar-refractivity contribution in [2.24, 2.45) is 28.8 Å². The van der Waals surface area contributed by atoms with Gasteiger partial charge in [0.2, 0.25) is 0 Å². The summed E-state index contributed by atoms with van der Waals surface area (Å²) in [6.45, 7) is 9.18. The van der Waals surface area contributed by atoms with Gasteiger partial charge in [-0.3, -0.25) is 19.2 Å². The molecule has 1 heterocycles. The number of carbonyl (C=O) groups is 4. The van der Waals surface area contributed by atoms with Gasteiger partial charge >= 0.3 is 11.9 Å². The van der Waals surface area contributed by atoms with Gasteiger partial charge in [0.1, 0.15) is 31.4 Å². The van der Waals surface area contributed by atoms with Crippen LogP contribution in [0, 0.1) is 23.7 Å². The fourth-order valence-corrected chi connectivity index (χ4v) is 5.23. The highest BCUT2D eigenvalue weighted by atomic mass is 16.6. The Bertz CT molecular complexity index is 1140. The Balaban J connectivity index is 1.76. The number of esters is 2. The second-order valence-corrected chi connectivity index (χ2v) is 10.8. The summed E-state index contributed by atoms with van der Waals surface area (Å²) in [4.78, 5) is 55.9. The molecule has 41 heavy (non-hydrogen) atoms. The quantitative estimate of drug-likeness (QED) is 0.186. The number of aliphatic hydroxyl groups excluding tert-OH is 1. The zero-order valence-electron chi connectivity index (χ0n) is 24.0. The number of aromatic nitrogens is 1. The fraction of sp³-hybridized carbons (Fsp3) is 0.600. The molecular weight excluding hydrogens is 532 g/mol. The van der Waals surface area contributed by atoms with Crippen LogP contribution in [0.15, 0.2) is 46.4 Å². The van der Waals surface area contributed by atoms with Gasteiger partial charge in [-0.2, -0.15) is 0 Å². The summed E-state index contributed by atoms with van der Waals surface area (Å²) >= 11 is 0. The number of Topliss-reactive ketones (excluding diaryl/α,β-unsaturated/α-hetero) is 1. The molecule has 1 N–H and O–H groups in total. The topological polar surface area (TPSA) is 155 Å².